The Morgan fingerprint density at radius 3 is 2.71 bits per heavy atom. The maximum absolute atomic E-state index is 5.43. The van der Waals surface area contributed by atoms with Crippen LogP contribution in [-0.2, 0) is 0 Å². The summed E-state index contributed by atoms with van der Waals surface area (Å²) >= 11 is 0. The quantitative estimate of drug-likeness (QED) is 0.815. The molecule has 0 spiro atoms. The van der Waals surface area contributed by atoms with Gasteiger partial charge in [0.15, 0.2) is 0 Å². The average molecular weight is 234 g/mol. The number of rotatable bonds is 6. The molecular formula is C14H22N2O. The molecule has 1 fully saturated rings. The van der Waals surface area contributed by atoms with E-state index in [1.165, 1.54) is 18.4 Å². The molecule has 3 heteroatoms. The van der Waals surface area contributed by atoms with Crippen LogP contribution >= 0.6 is 0 Å². The Bertz CT molecular complexity index is 363. The molecule has 0 bridgehead atoms. The summed E-state index contributed by atoms with van der Waals surface area (Å²) in [5, 5.41) is 3.38. The molecule has 3 nitrogen and oxygen atoms in total. The van der Waals surface area contributed by atoms with Crippen molar-refractivity contribution in [2.24, 2.45) is 0 Å². The molecule has 1 aliphatic rings. The van der Waals surface area contributed by atoms with Crippen LogP contribution in [0.2, 0.25) is 0 Å². The number of methoxy groups -OCH3 is 1. The number of hydrogen-bond acceptors (Lipinski definition) is 3. The van der Waals surface area contributed by atoms with Gasteiger partial charge in [-0.2, -0.15) is 0 Å². The van der Waals surface area contributed by atoms with Gasteiger partial charge >= 0.3 is 0 Å². The molecular weight excluding hydrogens is 212 g/mol. The average Bonchev–Trinajstić information content (AvgIpc) is 3.20. The maximum atomic E-state index is 5.43. The minimum atomic E-state index is 0.330. The van der Waals surface area contributed by atoms with Crippen LogP contribution < -0.4 is 10.1 Å². The van der Waals surface area contributed by atoms with Gasteiger partial charge in [-0.3, -0.25) is 0 Å². The molecule has 0 saturated heterocycles. The Morgan fingerprint density at radius 1 is 1.41 bits per heavy atom. The van der Waals surface area contributed by atoms with Gasteiger partial charge in [0.05, 0.1) is 7.11 Å². The Balaban J connectivity index is 2.10. The molecule has 94 valence electrons. The number of para-hydroxylation sites is 1. The molecule has 0 aromatic heterocycles. The summed E-state index contributed by atoms with van der Waals surface area (Å²) in [5.41, 5.74) is 1.24. The Labute approximate surface area is 104 Å². The van der Waals surface area contributed by atoms with Crippen molar-refractivity contribution >= 4 is 0 Å². The number of nitrogens with one attached hydrogen (secondary N) is 1. The Kier molecular flexibility index (Phi) is 4.02. The lowest BCUT2D eigenvalue weighted by Gasteiger charge is -2.25. The van der Waals surface area contributed by atoms with Gasteiger partial charge in [-0.25, -0.2) is 0 Å². The van der Waals surface area contributed by atoms with Gasteiger partial charge in [0, 0.05) is 24.2 Å². The molecule has 2 rings (SSSR count). The van der Waals surface area contributed by atoms with Gasteiger partial charge in [-0.1, -0.05) is 18.2 Å². The van der Waals surface area contributed by atoms with E-state index in [2.05, 4.69) is 29.4 Å². The highest BCUT2D eigenvalue weighted by Crippen LogP contribution is 2.29. The fourth-order valence-electron chi connectivity index (χ4n) is 2.25. The summed E-state index contributed by atoms with van der Waals surface area (Å²) in [6, 6.07) is 9.37. The number of hydrogen-bond donors (Lipinski definition) is 1. The predicted molar refractivity (Wildman–Crippen MR) is 70.4 cm³/mol. The minimum Gasteiger partial charge on any atom is -0.496 e. The molecule has 1 unspecified atom stereocenters. The lowest BCUT2D eigenvalue weighted by molar-refractivity contribution is 0.283. The molecule has 1 aromatic carbocycles. The number of likely N-dealkylation sites (N-methyl/N-ethyl adjacent to an activating group) is 2. The third kappa shape index (κ3) is 2.99. The summed E-state index contributed by atoms with van der Waals surface area (Å²) in [6.07, 6.45) is 2.69. The van der Waals surface area contributed by atoms with E-state index in [0.29, 0.717) is 6.04 Å². The predicted octanol–water partition coefficient (Wildman–Crippen LogP) is 2.05. The second-order valence-corrected chi connectivity index (χ2v) is 4.75. The fourth-order valence-corrected chi connectivity index (χ4v) is 2.25. The van der Waals surface area contributed by atoms with E-state index in [0.717, 1.165) is 18.3 Å². The Morgan fingerprint density at radius 2 is 2.12 bits per heavy atom. The topological polar surface area (TPSA) is 24.5 Å². The molecule has 0 aliphatic heterocycles. The first-order valence-electron chi connectivity index (χ1n) is 6.26. The van der Waals surface area contributed by atoms with E-state index < -0.39 is 0 Å². The number of ether oxygens (including phenoxy) is 1. The summed E-state index contributed by atoms with van der Waals surface area (Å²) < 4.78 is 5.43. The van der Waals surface area contributed by atoms with Crippen LogP contribution in [0.1, 0.15) is 24.4 Å². The molecule has 1 aliphatic carbocycles. The van der Waals surface area contributed by atoms with Crippen molar-refractivity contribution in [2.75, 3.05) is 27.7 Å². The largest absolute Gasteiger partial charge is 0.496 e. The summed E-state index contributed by atoms with van der Waals surface area (Å²) in [4.78, 5) is 2.44. The van der Waals surface area contributed by atoms with Crippen molar-refractivity contribution in [3.63, 3.8) is 0 Å². The van der Waals surface area contributed by atoms with Crippen LogP contribution in [-0.4, -0.2) is 38.7 Å². The van der Waals surface area contributed by atoms with Gasteiger partial charge in [0.1, 0.15) is 5.75 Å². The van der Waals surface area contributed by atoms with Crippen LogP contribution in [0.15, 0.2) is 24.3 Å². The molecule has 0 heterocycles. The van der Waals surface area contributed by atoms with E-state index in [4.69, 9.17) is 4.74 Å². The minimum absolute atomic E-state index is 0.330. The monoisotopic (exact) mass is 234 g/mol. The van der Waals surface area contributed by atoms with E-state index in [1.54, 1.807) is 7.11 Å². The normalized spacial score (nSPS) is 17.2. The van der Waals surface area contributed by atoms with Crippen molar-refractivity contribution in [3.8, 4) is 5.75 Å². The molecule has 1 aromatic rings. The highest BCUT2D eigenvalue weighted by Gasteiger charge is 2.28. The van der Waals surface area contributed by atoms with Gasteiger partial charge in [-0.05, 0) is 33.0 Å². The van der Waals surface area contributed by atoms with Gasteiger partial charge < -0.3 is 15.0 Å². The highest BCUT2D eigenvalue weighted by molar-refractivity contribution is 5.36. The standard InChI is InChI=1S/C14H22N2O/c1-15-13(10-16(2)11-8-9-11)12-6-4-5-7-14(12)17-3/h4-7,11,13,15H,8-10H2,1-3H3. The van der Waals surface area contributed by atoms with Crippen molar-refractivity contribution in [1.82, 2.24) is 10.2 Å². The molecule has 17 heavy (non-hydrogen) atoms. The SMILES string of the molecule is CNC(CN(C)C1CC1)c1ccccc1OC. The molecule has 0 radical (unpaired) electrons. The summed E-state index contributed by atoms with van der Waals surface area (Å²) in [7, 11) is 5.95. The first-order chi connectivity index (χ1) is 8.26. The third-order valence-corrected chi connectivity index (χ3v) is 3.50. The van der Waals surface area contributed by atoms with Gasteiger partial charge in [0.25, 0.3) is 0 Å². The van der Waals surface area contributed by atoms with Crippen LogP contribution in [0.4, 0.5) is 0 Å². The Hall–Kier alpha value is -1.06. The van der Waals surface area contributed by atoms with Crippen molar-refractivity contribution in [2.45, 2.75) is 24.9 Å². The van der Waals surface area contributed by atoms with E-state index in [-0.39, 0.29) is 0 Å². The number of benzene rings is 1. The molecule has 0 amide bonds. The highest BCUT2D eigenvalue weighted by atomic mass is 16.5. The summed E-state index contributed by atoms with van der Waals surface area (Å²) in [5.74, 6) is 0.969. The van der Waals surface area contributed by atoms with Crippen LogP contribution in [0, 0.1) is 0 Å². The molecule has 1 N–H and O–H groups in total. The lowest BCUT2D eigenvalue weighted by atomic mass is 10.1. The van der Waals surface area contributed by atoms with Crippen LogP contribution in [0.5, 0.6) is 5.75 Å². The number of nitrogens with zero attached hydrogens (tertiary/aromatic N) is 1. The first kappa shape index (κ1) is 12.4. The van der Waals surface area contributed by atoms with Gasteiger partial charge in [0.2, 0.25) is 0 Å². The zero-order valence-corrected chi connectivity index (χ0v) is 10.9. The molecule has 1 atom stereocenters. The lowest BCUT2D eigenvalue weighted by Crippen LogP contribution is -2.32. The first-order valence-corrected chi connectivity index (χ1v) is 6.26. The van der Waals surface area contributed by atoms with Crippen molar-refractivity contribution < 1.29 is 4.74 Å². The molecule has 1 saturated carbocycles. The van der Waals surface area contributed by atoms with Gasteiger partial charge in [-0.15, -0.1) is 0 Å². The zero-order valence-electron chi connectivity index (χ0n) is 10.9. The van der Waals surface area contributed by atoms with E-state index in [9.17, 15) is 0 Å². The van der Waals surface area contributed by atoms with Crippen LogP contribution in [0.3, 0.4) is 0 Å². The smallest absolute Gasteiger partial charge is 0.123 e. The second kappa shape index (κ2) is 5.52. The van der Waals surface area contributed by atoms with Crippen LogP contribution in [0.25, 0.3) is 0 Å². The van der Waals surface area contributed by atoms with Crippen molar-refractivity contribution in [3.05, 3.63) is 29.8 Å². The maximum Gasteiger partial charge on any atom is 0.123 e. The second-order valence-electron chi connectivity index (χ2n) is 4.75. The van der Waals surface area contributed by atoms with Crippen molar-refractivity contribution in [1.29, 1.82) is 0 Å². The fraction of sp³-hybridized carbons (Fsp3) is 0.571. The summed E-state index contributed by atoms with van der Waals surface area (Å²) in [6.45, 7) is 1.03. The third-order valence-electron chi connectivity index (χ3n) is 3.50. The van der Waals surface area contributed by atoms with E-state index in [1.807, 2.05) is 19.2 Å². The van der Waals surface area contributed by atoms with E-state index >= 15 is 0 Å². The zero-order chi connectivity index (χ0) is 12.3.